The van der Waals surface area contributed by atoms with Gasteiger partial charge in [-0.25, -0.2) is 0 Å². The van der Waals surface area contributed by atoms with Gasteiger partial charge in [0.2, 0.25) is 0 Å². The predicted molar refractivity (Wildman–Crippen MR) is 20.3 cm³/mol. The fourth-order valence-electron chi connectivity index (χ4n) is 0. The monoisotopic (exact) mass is 121 g/mol. The molecule has 0 aromatic carbocycles. The summed E-state index contributed by atoms with van der Waals surface area (Å²) in [4.78, 5) is 0. The molecule has 5 heavy (non-hydrogen) atoms. The van der Waals surface area contributed by atoms with Gasteiger partial charge < -0.3 is 5.92 Å². The molecule has 0 aromatic heterocycles. The van der Waals surface area contributed by atoms with E-state index < -0.39 is 0 Å². The van der Waals surface area contributed by atoms with Gasteiger partial charge in [-0.05, 0) is 0 Å². The number of hydrogen-bond acceptors (Lipinski definition) is 0. The second-order valence-electron chi connectivity index (χ2n) is 1.50. The van der Waals surface area contributed by atoms with E-state index in [1.54, 1.807) is 0 Å². The molecule has 0 amide bonds. The van der Waals surface area contributed by atoms with Crippen LogP contribution in [-0.2, 0) is 19.5 Å². The van der Waals surface area contributed by atoms with Crippen molar-refractivity contribution in [3.8, 4) is 0 Å². The molecule has 0 nitrogen and oxygen atoms in total. The standard InChI is InChI=1S/C4H9.Zn/c1-4(2)3;/h1-3H3;/q-1;. The summed E-state index contributed by atoms with van der Waals surface area (Å²) >= 11 is 0. The van der Waals surface area contributed by atoms with Crippen LogP contribution in [0, 0.1) is 5.92 Å². The van der Waals surface area contributed by atoms with Crippen molar-refractivity contribution in [2.75, 3.05) is 0 Å². The third-order valence-electron chi connectivity index (χ3n) is 0. The van der Waals surface area contributed by atoms with Crippen LogP contribution >= 0.6 is 0 Å². The summed E-state index contributed by atoms with van der Waals surface area (Å²) in [6, 6.07) is 0. The normalized spacial score (nSPS) is 7.20. The van der Waals surface area contributed by atoms with E-state index in [0.29, 0.717) is 0 Å². The molecule has 0 fully saturated rings. The van der Waals surface area contributed by atoms with Crippen LogP contribution in [0.5, 0.6) is 0 Å². The maximum Gasteiger partial charge on any atom is 0 e. The summed E-state index contributed by atoms with van der Waals surface area (Å²) in [7, 11) is 0. The minimum Gasteiger partial charge on any atom is -0.323 e. The topological polar surface area (TPSA) is 0 Å². The fraction of sp³-hybridized carbons (Fsp3) is 0.750. The van der Waals surface area contributed by atoms with E-state index in [0.717, 1.165) is 0 Å². The first-order chi connectivity index (χ1) is 1.73. The van der Waals surface area contributed by atoms with E-state index in [1.165, 1.54) is 5.92 Å². The zero-order chi connectivity index (χ0) is 3.58. The molecule has 0 N–H and O–H groups in total. The van der Waals surface area contributed by atoms with E-state index >= 15 is 0 Å². The molecule has 0 spiro atoms. The van der Waals surface area contributed by atoms with Crippen LogP contribution in [0.4, 0.5) is 0 Å². The molecule has 0 unspecified atom stereocenters. The molecule has 28 valence electrons. The maximum absolute atomic E-state index is 2.08. The number of rotatable bonds is 0. The van der Waals surface area contributed by atoms with Crippen LogP contribution in [0.2, 0.25) is 0 Å². The zero-order valence-corrected chi connectivity index (χ0v) is 7.17. The van der Waals surface area contributed by atoms with Gasteiger partial charge in [-0.3, -0.25) is 0 Å². The average molecular weight is 123 g/mol. The molecule has 0 aliphatic rings. The van der Waals surface area contributed by atoms with Gasteiger partial charge in [-0.15, -0.1) is 0 Å². The maximum atomic E-state index is 2.08. The van der Waals surface area contributed by atoms with Gasteiger partial charge in [0.15, 0.2) is 0 Å². The summed E-state index contributed by atoms with van der Waals surface area (Å²) in [5.74, 6) is 1.42. The molecule has 1 heteroatoms. The predicted octanol–water partition coefficient (Wildman–Crippen LogP) is 1.62. The van der Waals surface area contributed by atoms with Gasteiger partial charge in [-0.1, -0.05) is 0 Å². The van der Waals surface area contributed by atoms with E-state index in [-0.39, 0.29) is 19.5 Å². The Morgan fingerprint density at radius 2 is 1.00 bits per heavy atom. The summed E-state index contributed by atoms with van der Waals surface area (Å²) < 4.78 is 0. The third-order valence-corrected chi connectivity index (χ3v) is 0. The van der Waals surface area contributed by atoms with Gasteiger partial charge in [0.25, 0.3) is 0 Å². The molecule has 0 aromatic rings. The smallest absolute Gasteiger partial charge is 0 e. The van der Waals surface area contributed by atoms with Crippen molar-refractivity contribution in [1.29, 1.82) is 0 Å². The molecule has 0 bridgehead atoms. The molecule has 0 radical (unpaired) electrons. The summed E-state index contributed by atoms with van der Waals surface area (Å²) in [5, 5.41) is 0. The molecular weight excluding hydrogens is 113 g/mol. The first kappa shape index (κ1) is 9.16. The Morgan fingerprint density at radius 1 is 1.00 bits per heavy atom. The van der Waals surface area contributed by atoms with Gasteiger partial charge in [0, 0.05) is 19.5 Å². The zero-order valence-electron chi connectivity index (χ0n) is 4.21. The van der Waals surface area contributed by atoms with Crippen molar-refractivity contribution in [3.05, 3.63) is 5.92 Å². The second kappa shape index (κ2) is 4.62. The van der Waals surface area contributed by atoms with Crippen LogP contribution in [0.3, 0.4) is 0 Å². The van der Waals surface area contributed by atoms with E-state index in [4.69, 9.17) is 0 Å². The van der Waals surface area contributed by atoms with Gasteiger partial charge in [0.05, 0.1) is 0 Å². The Hall–Kier alpha value is 0.623. The first-order valence-corrected chi connectivity index (χ1v) is 1.50. The molecule has 0 heterocycles. The molecule has 0 atom stereocenters. The van der Waals surface area contributed by atoms with Crippen molar-refractivity contribution in [1.82, 2.24) is 0 Å². The Bertz CT molecular complexity index is 8.36. The van der Waals surface area contributed by atoms with Crippen LogP contribution in [0.15, 0.2) is 0 Å². The fourth-order valence-corrected chi connectivity index (χ4v) is 0. The molecule has 0 aliphatic heterocycles. The molecular formula is C4H9Zn-. The van der Waals surface area contributed by atoms with E-state index in [2.05, 4.69) is 20.8 Å². The van der Waals surface area contributed by atoms with Crippen molar-refractivity contribution in [2.45, 2.75) is 20.8 Å². The Morgan fingerprint density at radius 3 is 1.00 bits per heavy atom. The Balaban J connectivity index is 0. The van der Waals surface area contributed by atoms with E-state index in [1.807, 2.05) is 0 Å². The van der Waals surface area contributed by atoms with Gasteiger partial charge >= 0.3 is 0 Å². The van der Waals surface area contributed by atoms with Crippen molar-refractivity contribution in [2.24, 2.45) is 0 Å². The van der Waals surface area contributed by atoms with Crippen LogP contribution in [0.25, 0.3) is 0 Å². The Kier molecular flexibility index (Phi) is 8.47. The van der Waals surface area contributed by atoms with Crippen LogP contribution < -0.4 is 0 Å². The third kappa shape index (κ3) is 81.9. The molecule has 0 rings (SSSR count). The number of hydrogen-bond donors (Lipinski definition) is 0. The SMILES string of the molecule is C[C-](C)C.[Zn]. The van der Waals surface area contributed by atoms with E-state index in [9.17, 15) is 0 Å². The first-order valence-electron chi connectivity index (χ1n) is 1.50. The molecule has 0 aliphatic carbocycles. The minimum atomic E-state index is 0. The van der Waals surface area contributed by atoms with Crippen LogP contribution in [0.1, 0.15) is 20.8 Å². The summed E-state index contributed by atoms with van der Waals surface area (Å²) in [6.07, 6.45) is 0. The molecule has 0 saturated carbocycles. The largest absolute Gasteiger partial charge is 0.323 e. The Labute approximate surface area is 46.7 Å². The van der Waals surface area contributed by atoms with Crippen LogP contribution in [-0.4, -0.2) is 0 Å². The van der Waals surface area contributed by atoms with Gasteiger partial charge in [-0.2, -0.15) is 20.8 Å². The quantitative estimate of drug-likeness (QED) is 0.338. The van der Waals surface area contributed by atoms with Gasteiger partial charge in [0.1, 0.15) is 0 Å². The average Bonchev–Trinajstić information content (AvgIpc) is 0.811. The van der Waals surface area contributed by atoms with Crippen molar-refractivity contribution >= 4 is 0 Å². The second-order valence-corrected chi connectivity index (χ2v) is 1.50. The summed E-state index contributed by atoms with van der Waals surface area (Å²) in [6.45, 7) is 6.25. The van der Waals surface area contributed by atoms with Crippen molar-refractivity contribution in [3.63, 3.8) is 0 Å². The molecule has 0 saturated heterocycles. The van der Waals surface area contributed by atoms with Crippen molar-refractivity contribution < 1.29 is 19.5 Å². The summed E-state index contributed by atoms with van der Waals surface area (Å²) in [5.41, 5.74) is 0. The minimum absolute atomic E-state index is 0.